The molecule has 6 heteroatoms. The summed E-state index contributed by atoms with van der Waals surface area (Å²) in [5.41, 5.74) is 0.00320. The molecule has 0 spiro atoms. The highest BCUT2D eigenvalue weighted by molar-refractivity contribution is 5.84. The Morgan fingerprint density at radius 2 is 2.21 bits per heavy atom. The van der Waals surface area contributed by atoms with Gasteiger partial charge >= 0.3 is 5.97 Å². The largest absolute Gasteiger partial charge is 0.476 e. The van der Waals surface area contributed by atoms with Crippen molar-refractivity contribution >= 4 is 5.97 Å². The van der Waals surface area contributed by atoms with Crippen LogP contribution in [0.1, 0.15) is 49.5 Å². The fourth-order valence-electron chi connectivity index (χ4n) is 2.66. The van der Waals surface area contributed by atoms with Crippen molar-refractivity contribution in [3.05, 3.63) is 11.9 Å². The third-order valence-electron chi connectivity index (χ3n) is 3.96. The van der Waals surface area contributed by atoms with Crippen molar-refractivity contribution in [2.24, 2.45) is 5.92 Å². The van der Waals surface area contributed by atoms with Gasteiger partial charge in [0.2, 0.25) is 0 Å². The molecule has 1 aliphatic carbocycles. The standard InChI is InChI=1S/C13H22N4O2/c1-2-10-3-5-11(6-4-10)14-7-8-17-9-12(13(18)19)15-16-17/h9-11,14H,2-8H2,1H3,(H,18,19). The molecule has 0 bridgehead atoms. The summed E-state index contributed by atoms with van der Waals surface area (Å²) in [6.07, 6.45) is 7.90. The number of aromatic carboxylic acids is 1. The van der Waals surface area contributed by atoms with E-state index >= 15 is 0 Å². The number of rotatable bonds is 6. The van der Waals surface area contributed by atoms with E-state index in [-0.39, 0.29) is 5.69 Å². The SMILES string of the molecule is CCC1CCC(NCCn2cc(C(=O)O)nn2)CC1. The maximum Gasteiger partial charge on any atom is 0.358 e. The minimum Gasteiger partial charge on any atom is -0.476 e. The molecule has 19 heavy (non-hydrogen) atoms. The van der Waals surface area contributed by atoms with Gasteiger partial charge in [-0.25, -0.2) is 4.79 Å². The lowest BCUT2D eigenvalue weighted by molar-refractivity contribution is 0.0690. The lowest BCUT2D eigenvalue weighted by atomic mass is 9.84. The van der Waals surface area contributed by atoms with Gasteiger partial charge in [-0.2, -0.15) is 0 Å². The van der Waals surface area contributed by atoms with Gasteiger partial charge in [0.05, 0.1) is 12.7 Å². The molecule has 2 N–H and O–H groups in total. The molecule has 1 heterocycles. The van der Waals surface area contributed by atoms with Crippen LogP contribution in [0.15, 0.2) is 6.20 Å². The Kier molecular flexibility index (Phi) is 4.90. The van der Waals surface area contributed by atoms with Crippen LogP contribution in [0.3, 0.4) is 0 Å². The molecule has 0 saturated heterocycles. The average Bonchev–Trinajstić information content (AvgIpc) is 2.89. The third kappa shape index (κ3) is 4.02. The summed E-state index contributed by atoms with van der Waals surface area (Å²) in [7, 11) is 0. The number of carboxylic acids is 1. The number of carboxylic acid groups (broad SMARTS) is 1. The van der Waals surface area contributed by atoms with Crippen molar-refractivity contribution < 1.29 is 9.90 Å². The van der Waals surface area contributed by atoms with E-state index in [1.54, 1.807) is 4.68 Å². The zero-order valence-electron chi connectivity index (χ0n) is 11.4. The van der Waals surface area contributed by atoms with Gasteiger partial charge in [-0.1, -0.05) is 18.6 Å². The van der Waals surface area contributed by atoms with E-state index in [1.807, 2.05) is 0 Å². The van der Waals surface area contributed by atoms with Crippen LogP contribution in [-0.2, 0) is 6.54 Å². The van der Waals surface area contributed by atoms with Crippen molar-refractivity contribution in [3.8, 4) is 0 Å². The minimum absolute atomic E-state index is 0.00320. The molecule has 0 radical (unpaired) electrons. The van der Waals surface area contributed by atoms with E-state index in [9.17, 15) is 4.79 Å². The molecule has 1 fully saturated rings. The maximum atomic E-state index is 10.7. The highest BCUT2D eigenvalue weighted by atomic mass is 16.4. The zero-order valence-corrected chi connectivity index (χ0v) is 11.4. The van der Waals surface area contributed by atoms with E-state index < -0.39 is 5.97 Å². The predicted octanol–water partition coefficient (Wildman–Crippen LogP) is 1.53. The number of hydrogen-bond donors (Lipinski definition) is 2. The average molecular weight is 266 g/mol. The highest BCUT2D eigenvalue weighted by Crippen LogP contribution is 2.26. The van der Waals surface area contributed by atoms with Gasteiger partial charge in [0.25, 0.3) is 0 Å². The van der Waals surface area contributed by atoms with Crippen LogP contribution < -0.4 is 5.32 Å². The van der Waals surface area contributed by atoms with Gasteiger partial charge < -0.3 is 10.4 Å². The van der Waals surface area contributed by atoms with Crippen molar-refractivity contribution in [1.29, 1.82) is 0 Å². The molecule has 6 nitrogen and oxygen atoms in total. The van der Waals surface area contributed by atoms with Gasteiger partial charge in [-0.3, -0.25) is 4.68 Å². The van der Waals surface area contributed by atoms with Gasteiger partial charge in [0.15, 0.2) is 5.69 Å². The third-order valence-corrected chi connectivity index (χ3v) is 3.96. The van der Waals surface area contributed by atoms with Gasteiger partial charge in [-0.15, -0.1) is 5.10 Å². The summed E-state index contributed by atoms with van der Waals surface area (Å²) < 4.78 is 1.58. The Balaban J connectivity index is 1.67. The number of nitrogens with one attached hydrogen (secondary N) is 1. The Morgan fingerprint density at radius 3 is 2.79 bits per heavy atom. The van der Waals surface area contributed by atoms with Crippen LogP contribution in [0.25, 0.3) is 0 Å². The summed E-state index contributed by atoms with van der Waals surface area (Å²) in [5, 5.41) is 19.6. The Morgan fingerprint density at radius 1 is 1.47 bits per heavy atom. The van der Waals surface area contributed by atoms with Gasteiger partial charge in [0, 0.05) is 12.6 Å². The highest BCUT2D eigenvalue weighted by Gasteiger charge is 2.19. The van der Waals surface area contributed by atoms with Crippen LogP contribution >= 0.6 is 0 Å². The van der Waals surface area contributed by atoms with Crippen LogP contribution in [0.4, 0.5) is 0 Å². The van der Waals surface area contributed by atoms with E-state index in [2.05, 4.69) is 22.6 Å². The summed E-state index contributed by atoms with van der Waals surface area (Å²) in [6, 6.07) is 0.602. The molecule has 1 aromatic heterocycles. The van der Waals surface area contributed by atoms with E-state index in [1.165, 1.54) is 38.3 Å². The van der Waals surface area contributed by atoms with Crippen molar-refractivity contribution in [2.75, 3.05) is 6.54 Å². The van der Waals surface area contributed by atoms with E-state index in [0.29, 0.717) is 12.6 Å². The first-order chi connectivity index (χ1) is 9.19. The first-order valence-electron chi connectivity index (χ1n) is 7.06. The maximum absolute atomic E-state index is 10.7. The lowest BCUT2D eigenvalue weighted by Crippen LogP contribution is -2.35. The fraction of sp³-hybridized carbons (Fsp3) is 0.769. The molecule has 0 atom stereocenters. The topological polar surface area (TPSA) is 80.0 Å². The van der Waals surface area contributed by atoms with Crippen LogP contribution in [0, 0.1) is 5.92 Å². The Labute approximate surface area is 113 Å². The van der Waals surface area contributed by atoms with Gasteiger partial charge in [-0.05, 0) is 31.6 Å². The molecular weight excluding hydrogens is 244 g/mol. The second-order valence-electron chi connectivity index (χ2n) is 5.25. The van der Waals surface area contributed by atoms with Crippen LogP contribution in [0.5, 0.6) is 0 Å². The first kappa shape index (κ1) is 14.0. The summed E-state index contributed by atoms with van der Waals surface area (Å²) in [5.74, 6) is -0.122. The second kappa shape index (κ2) is 6.65. The van der Waals surface area contributed by atoms with E-state index in [0.717, 1.165) is 12.5 Å². The first-order valence-corrected chi connectivity index (χ1v) is 7.06. The molecule has 0 aliphatic heterocycles. The van der Waals surface area contributed by atoms with Crippen LogP contribution in [-0.4, -0.2) is 38.7 Å². The predicted molar refractivity (Wildman–Crippen MR) is 71.0 cm³/mol. The molecule has 2 rings (SSSR count). The summed E-state index contributed by atoms with van der Waals surface area (Å²) in [6.45, 7) is 3.74. The fourth-order valence-corrected chi connectivity index (χ4v) is 2.66. The smallest absolute Gasteiger partial charge is 0.358 e. The zero-order chi connectivity index (χ0) is 13.7. The summed E-state index contributed by atoms with van der Waals surface area (Å²) in [4.78, 5) is 10.7. The molecular formula is C13H22N4O2. The molecule has 0 amide bonds. The lowest BCUT2D eigenvalue weighted by Gasteiger charge is -2.28. The van der Waals surface area contributed by atoms with E-state index in [4.69, 9.17) is 5.11 Å². The van der Waals surface area contributed by atoms with Crippen molar-refractivity contribution in [3.63, 3.8) is 0 Å². The number of nitrogens with zero attached hydrogens (tertiary/aromatic N) is 3. The minimum atomic E-state index is -1.03. The monoisotopic (exact) mass is 266 g/mol. The number of carbonyl (C=O) groups is 1. The quantitative estimate of drug-likeness (QED) is 0.816. The molecule has 1 aliphatic rings. The molecule has 0 aromatic carbocycles. The second-order valence-corrected chi connectivity index (χ2v) is 5.25. The van der Waals surface area contributed by atoms with Crippen LogP contribution in [0.2, 0.25) is 0 Å². The summed E-state index contributed by atoms with van der Waals surface area (Å²) >= 11 is 0. The normalized spacial score (nSPS) is 23.4. The molecule has 0 unspecified atom stereocenters. The Hall–Kier alpha value is -1.43. The number of hydrogen-bond acceptors (Lipinski definition) is 4. The molecule has 106 valence electrons. The molecule has 1 aromatic rings. The van der Waals surface area contributed by atoms with Gasteiger partial charge in [0.1, 0.15) is 0 Å². The van der Waals surface area contributed by atoms with Crippen molar-refractivity contribution in [2.45, 2.75) is 51.6 Å². The molecule has 1 saturated carbocycles. The van der Waals surface area contributed by atoms with Crippen molar-refractivity contribution in [1.82, 2.24) is 20.3 Å². The Bertz CT molecular complexity index is 411. The number of aromatic nitrogens is 3.